The zero-order valence-corrected chi connectivity index (χ0v) is 15.1. The van der Waals surface area contributed by atoms with Crippen LogP contribution >= 0.6 is 11.6 Å². The number of rotatable bonds is 3. The molecule has 2 aromatic heterocycles. The minimum absolute atomic E-state index is 0.0769. The second-order valence-corrected chi connectivity index (χ2v) is 7.45. The molecule has 3 aromatic rings. The number of pyridine rings is 1. The van der Waals surface area contributed by atoms with Gasteiger partial charge >= 0.3 is 6.18 Å². The van der Waals surface area contributed by atoms with Gasteiger partial charge in [0.2, 0.25) is 0 Å². The summed E-state index contributed by atoms with van der Waals surface area (Å²) in [5, 5.41) is 8.49. The molecule has 0 aliphatic heterocycles. The first-order valence-electron chi connectivity index (χ1n) is 7.27. The molecule has 0 spiro atoms. The van der Waals surface area contributed by atoms with Gasteiger partial charge in [0.15, 0.2) is 10.9 Å². The van der Waals surface area contributed by atoms with Crippen LogP contribution in [0.1, 0.15) is 11.4 Å². The Morgan fingerprint density at radius 3 is 2.41 bits per heavy atom. The fourth-order valence-electron chi connectivity index (χ4n) is 2.25. The summed E-state index contributed by atoms with van der Waals surface area (Å²) in [6.45, 7) is 1.69. The monoisotopic (exact) mass is 417 g/mol. The predicted molar refractivity (Wildman–Crippen MR) is 90.7 cm³/mol. The van der Waals surface area contributed by atoms with E-state index >= 15 is 0 Å². The molecule has 0 aliphatic carbocycles. The Hall–Kier alpha value is -2.50. The molecule has 0 unspecified atom stereocenters. The van der Waals surface area contributed by atoms with Crippen molar-refractivity contribution in [3.8, 4) is 17.1 Å². The van der Waals surface area contributed by atoms with Crippen LogP contribution in [0.3, 0.4) is 0 Å². The SMILES string of the molecule is Cc1cc(-c2nc(C(F)(F)F)nn2-c2ccc(S(N)(=O)=O)nc2)ccc1Cl. The van der Waals surface area contributed by atoms with Gasteiger partial charge in [0.25, 0.3) is 15.8 Å². The third-order valence-electron chi connectivity index (χ3n) is 3.53. The van der Waals surface area contributed by atoms with E-state index in [1.165, 1.54) is 18.2 Å². The average molecular weight is 418 g/mol. The van der Waals surface area contributed by atoms with Crippen LogP contribution in [0, 0.1) is 6.92 Å². The van der Waals surface area contributed by atoms with Gasteiger partial charge in [0, 0.05) is 10.6 Å². The minimum atomic E-state index is -4.77. The number of aryl methyl sites for hydroxylation is 1. The predicted octanol–water partition coefficient (Wildman–Crippen LogP) is 2.96. The number of nitrogens with zero attached hydrogens (tertiary/aromatic N) is 4. The van der Waals surface area contributed by atoms with Crippen LogP contribution in [0.2, 0.25) is 5.02 Å². The summed E-state index contributed by atoms with van der Waals surface area (Å²) in [4.78, 5) is 7.24. The molecule has 0 fully saturated rings. The molecule has 7 nitrogen and oxygen atoms in total. The molecule has 1 aromatic carbocycles. The van der Waals surface area contributed by atoms with Crippen molar-refractivity contribution >= 4 is 21.6 Å². The summed E-state index contributed by atoms with van der Waals surface area (Å²) in [6.07, 6.45) is -3.73. The summed E-state index contributed by atoms with van der Waals surface area (Å²) in [7, 11) is -4.04. The molecule has 0 bridgehead atoms. The van der Waals surface area contributed by atoms with E-state index in [2.05, 4.69) is 15.1 Å². The Balaban J connectivity index is 2.19. The van der Waals surface area contributed by atoms with E-state index in [1.807, 2.05) is 0 Å². The minimum Gasteiger partial charge on any atom is -0.241 e. The van der Waals surface area contributed by atoms with Crippen molar-refractivity contribution < 1.29 is 21.6 Å². The highest BCUT2D eigenvalue weighted by Crippen LogP contribution is 2.31. The van der Waals surface area contributed by atoms with Crippen LogP contribution in [0.25, 0.3) is 17.1 Å². The van der Waals surface area contributed by atoms with Gasteiger partial charge in [-0.2, -0.15) is 13.2 Å². The van der Waals surface area contributed by atoms with Crippen LogP contribution in [-0.2, 0) is 16.2 Å². The highest BCUT2D eigenvalue weighted by molar-refractivity contribution is 7.89. The van der Waals surface area contributed by atoms with Crippen molar-refractivity contribution in [2.75, 3.05) is 0 Å². The first-order chi connectivity index (χ1) is 12.5. The van der Waals surface area contributed by atoms with Gasteiger partial charge in [0.05, 0.1) is 11.9 Å². The number of nitrogens with two attached hydrogens (primary N) is 1. The largest absolute Gasteiger partial charge is 0.453 e. The number of alkyl halides is 3. The lowest BCUT2D eigenvalue weighted by atomic mass is 10.1. The van der Waals surface area contributed by atoms with Crippen molar-refractivity contribution in [3.63, 3.8) is 0 Å². The van der Waals surface area contributed by atoms with Gasteiger partial charge in [-0.25, -0.2) is 28.2 Å². The Morgan fingerprint density at radius 1 is 1.19 bits per heavy atom. The van der Waals surface area contributed by atoms with Gasteiger partial charge in [-0.3, -0.25) is 0 Å². The van der Waals surface area contributed by atoms with Crippen molar-refractivity contribution in [2.24, 2.45) is 5.14 Å². The quantitative estimate of drug-likeness (QED) is 0.705. The summed E-state index contributed by atoms with van der Waals surface area (Å²) in [6, 6.07) is 6.89. The number of primary sulfonamides is 1. The lowest BCUT2D eigenvalue weighted by molar-refractivity contribution is -0.144. The fraction of sp³-hybridized carbons (Fsp3) is 0.133. The summed E-state index contributed by atoms with van der Waals surface area (Å²) >= 11 is 5.96. The highest BCUT2D eigenvalue weighted by Gasteiger charge is 2.37. The number of hydrogen-bond acceptors (Lipinski definition) is 5. The van der Waals surface area contributed by atoms with E-state index in [4.69, 9.17) is 16.7 Å². The molecule has 0 amide bonds. The second kappa shape index (κ2) is 6.59. The van der Waals surface area contributed by atoms with Gasteiger partial charge in [0.1, 0.15) is 0 Å². The number of sulfonamides is 1. The average Bonchev–Trinajstić information content (AvgIpc) is 3.02. The van der Waals surface area contributed by atoms with Crippen LogP contribution < -0.4 is 5.14 Å². The van der Waals surface area contributed by atoms with Gasteiger partial charge in [-0.15, -0.1) is 5.10 Å². The molecular weight excluding hydrogens is 407 g/mol. The first kappa shape index (κ1) is 19.3. The van der Waals surface area contributed by atoms with Gasteiger partial charge in [-0.1, -0.05) is 11.6 Å². The van der Waals surface area contributed by atoms with E-state index < -0.39 is 27.0 Å². The lowest BCUT2D eigenvalue weighted by Gasteiger charge is -2.07. The molecule has 2 heterocycles. The smallest absolute Gasteiger partial charge is 0.241 e. The summed E-state index contributed by atoms with van der Waals surface area (Å²) < 4.78 is 62.8. The van der Waals surface area contributed by atoms with Crippen LogP contribution in [0.15, 0.2) is 41.6 Å². The Kier molecular flexibility index (Phi) is 4.70. The normalized spacial score (nSPS) is 12.4. The topological polar surface area (TPSA) is 104 Å². The van der Waals surface area contributed by atoms with Crippen LogP contribution in [0.5, 0.6) is 0 Å². The molecule has 27 heavy (non-hydrogen) atoms. The summed E-state index contributed by atoms with van der Waals surface area (Å²) in [5.74, 6) is -1.45. The molecule has 12 heteroatoms. The highest BCUT2D eigenvalue weighted by atomic mass is 35.5. The van der Waals surface area contributed by atoms with Crippen molar-refractivity contribution in [1.82, 2.24) is 19.7 Å². The van der Waals surface area contributed by atoms with Crippen molar-refractivity contribution in [3.05, 3.63) is 52.9 Å². The maximum absolute atomic E-state index is 13.1. The van der Waals surface area contributed by atoms with Crippen LogP contribution in [0.4, 0.5) is 13.2 Å². The Morgan fingerprint density at radius 2 is 1.89 bits per heavy atom. The van der Waals surface area contributed by atoms with Crippen molar-refractivity contribution in [2.45, 2.75) is 18.1 Å². The molecule has 0 atom stereocenters. The third kappa shape index (κ3) is 3.94. The molecule has 0 saturated heterocycles. The van der Waals surface area contributed by atoms with Crippen LogP contribution in [-0.4, -0.2) is 28.2 Å². The zero-order chi connectivity index (χ0) is 20.0. The van der Waals surface area contributed by atoms with Crippen molar-refractivity contribution in [1.29, 1.82) is 0 Å². The Labute approximate surface area is 156 Å². The molecule has 0 radical (unpaired) electrons. The second-order valence-electron chi connectivity index (χ2n) is 5.53. The van der Waals surface area contributed by atoms with E-state index in [0.717, 1.165) is 16.9 Å². The molecule has 2 N–H and O–H groups in total. The van der Waals surface area contributed by atoms with Gasteiger partial charge < -0.3 is 0 Å². The third-order valence-corrected chi connectivity index (χ3v) is 4.78. The molecule has 0 aliphatic rings. The standard InChI is InChI=1S/C15H11ClF3N5O2S/c1-8-6-9(2-4-11(8)16)13-22-14(15(17,18)19)23-24(13)10-3-5-12(21-7-10)27(20,25)26/h2-7H,1H3,(H2,20,25,26). The van der Waals surface area contributed by atoms with E-state index in [0.29, 0.717) is 16.1 Å². The number of halogens is 4. The number of benzene rings is 1. The lowest BCUT2D eigenvalue weighted by Crippen LogP contribution is -2.14. The molecule has 3 rings (SSSR count). The maximum atomic E-state index is 13.1. The molecular formula is C15H11ClF3N5O2S. The molecule has 142 valence electrons. The molecule has 0 saturated carbocycles. The fourth-order valence-corrected chi connectivity index (χ4v) is 2.82. The number of hydrogen-bond donors (Lipinski definition) is 1. The van der Waals surface area contributed by atoms with E-state index in [1.54, 1.807) is 13.0 Å². The van der Waals surface area contributed by atoms with E-state index in [9.17, 15) is 21.6 Å². The van der Waals surface area contributed by atoms with Gasteiger partial charge in [-0.05, 0) is 42.8 Å². The maximum Gasteiger partial charge on any atom is 0.453 e. The zero-order valence-electron chi connectivity index (χ0n) is 13.6. The first-order valence-corrected chi connectivity index (χ1v) is 9.19. The summed E-state index contributed by atoms with van der Waals surface area (Å²) in [5.41, 5.74) is 1.06. The Bertz CT molecular complexity index is 1110. The number of aromatic nitrogens is 4. The van der Waals surface area contributed by atoms with E-state index in [-0.39, 0.29) is 11.5 Å².